The van der Waals surface area contributed by atoms with Crippen LogP contribution in [-0.4, -0.2) is 78.4 Å². The van der Waals surface area contributed by atoms with Crippen LogP contribution in [-0.2, 0) is 12.8 Å². The van der Waals surface area contributed by atoms with E-state index in [1.54, 1.807) is 33.5 Å². The number of aromatic amines is 2. The zero-order valence-electron chi connectivity index (χ0n) is 30.8. The molecule has 2 aliphatic carbocycles. The highest BCUT2D eigenvalue weighted by Gasteiger charge is 2.28. The highest BCUT2D eigenvalue weighted by Crippen LogP contribution is 2.46. The summed E-state index contributed by atoms with van der Waals surface area (Å²) in [6.07, 6.45) is 2.57. The molecule has 2 aliphatic rings. The molecule has 0 unspecified atom stereocenters. The van der Waals surface area contributed by atoms with Crippen LogP contribution in [0.5, 0.6) is 28.7 Å². The molecule has 6 aromatic rings. The van der Waals surface area contributed by atoms with E-state index >= 15 is 0 Å². The first-order valence-corrected chi connectivity index (χ1v) is 17.9. The molecule has 0 aliphatic heterocycles. The molecule has 2 aromatic heterocycles. The largest absolute Gasteiger partial charge is 0.497 e. The molecule has 0 saturated heterocycles. The molecule has 0 amide bonds. The molecule has 286 valence electrons. The maximum absolute atomic E-state index is 13.4. The topological polar surface area (TPSA) is 168 Å². The normalized spacial score (nSPS) is 11.7. The van der Waals surface area contributed by atoms with Crippen molar-refractivity contribution in [2.24, 2.45) is 0 Å². The van der Waals surface area contributed by atoms with Crippen LogP contribution in [0.4, 0.5) is 27.4 Å². The Hall–Kier alpha value is -6.25. The molecule has 0 bridgehead atoms. The van der Waals surface area contributed by atoms with Crippen molar-refractivity contribution in [3.8, 4) is 51.3 Å². The number of nitrogens with one attached hydrogen (secondary N) is 4. The molecule has 6 N–H and O–H groups in total. The van der Waals surface area contributed by atoms with Crippen LogP contribution in [0.15, 0.2) is 72.8 Å². The number of fused-ring (bicyclic) bond motifs is 6. The van der Waals surface area contributed by atoms with Gasteiger partial charge in [-0.1, -0.05) is 12.1 Å². The molecule has 0 saturated carbocycles. The third-order valence-corrected chi connectivity index (χ3v) is 9.33. The summed E-state index contributed by atoms with van der Waals surface area (Å²) < 4.78 is 41.2. The smallest absolute Gasteiger partial charge is 0.161 e. The SMILES string of the molecule is COc1cc2c(cc1OCCCO)Cc1c(Nc3cccc(F)c3)n[nH]c1-2.COc1cccc(Nc2n[nH]c3c2Cc2cc(OCCCO)c(OC)cc2-3)c1. The second-order valence-electron chi connectivity index (χ2n) is 12.9. The standard InChI is InChI=1S/C21H23N3O4.C20H20FN3O3/c1-26-15-6-3-5-14(11-15)22-21-17-9-13-10-19(28-8-4-7-25)18(27-2)12-16(13)20(17)23-24-21;1-26-17-11-15-12(9-18(17)27-7-3-6-25)8-16-19(15)23-24-20(16)22-14-5-2-4-13(21)10-14/h3,5-6,10-12,25H,4,7-9H2,1-2H3,(H2,22,23,24);2,4-5,9-11,25H,3,6-8H2,1H3,(H2,22,23,24). The minimum Gasteiger partial charge on any atom is -0.497 e. The van der Waals surface area contributed by atoms with E-state index in [2.05, 4.69) is 31.0 Å². The van der Waals surface area contributed by atoms with Gasteiger partial charge in [0.15, 0.2) is 34.6 Å². The van der Waals surface area contributed by atoms with Crippen LogP contribution in [0.25, 0.3) is 22.5 Å². The average Bonchev–Trinajstić information content (AvgIpc) is 3.96. The van der Waals surface area contributed by atoms with Crippen molar-refractivity contribution in [1.82, 2.24) is 20.4 Å². The molecular weight excluding hydrogens is 707 g/mol. The fraction of sp³-hybridized carbons (Fsp3) is 0.268. The monoisotopic (exact) mass is 750 g/mol. The van der Waals surface area contributed by atoms with Gasteiger partial charge in [-0.2, -0.15) is 10.2 Å². The summed E-state index contributed by atoms with van der Waals surface area (Å²) in [6, 6.07) is 21.9. The zero-order valence-corrected chi connectivity index (χ0v) is 30.8. The highest BCUT2D eigenvalue weighted by molar-refractivity contribution is 5.83. The van der Waals surface area contributed by atoms with E-state index in [0.717, 1.165) is 68.4 Å². The first-order valence-electron chi connectivity index (χ1n) is 17.9. The van der Waals surface area contributed by atoms with Gasteiger partial charge in [0.2, 0.25) is 0 Å². The molecule has 14 heteroatoms. The maximum Gasteiger partial charge on any atom is 0.161 e. The minimum atomic E-state index is -0.301. The van der Waals surface area contributed by atoms with E-state index in [1.165, 1.54) is 12.1 Å². The van der Waals surface area contributed by atoms with Crippen LogP contribution in [0, 0.1) is 5.82 Å². The fourth-order valence-electron chi connectivity index (χ4n) is 6.65. The predicted molar refractivity (Wildman–Crippen MR) is 207 cm³/mol. The van der Waals surface area contributed by atoms with Gasteiger partial charge in [-0.3, -0.25) is 10.2 Å². The Morgan fingerprint density at radius 1 is 0.636 bits per heavy atom. The summed E-state index contributed by atoms with van der Waals surface area (Å²) in [6.45, 7) is 1.05. The summed E-state index contributed by atoms with van der Waals surface area (Å²) in [5, 5.41) is 39.4. The molecule has 13 nitrogen and oxygen atoms in total. The van der Waals surface area contributed by atoms with Gasteiger partial charge in [-0.15, -0.1) is 0 Å². The lowest BCUT2D eigenvalue weighted by molar-refractivity contribution is 0.228. The van der Waals surface area contributed by atoms with Crippen LogP contribution < -0.4 is 34.3 Å². The van der Waals surface area contributed by atoms with Gasteiger partial charge in [-0.05, 0) is 65.7 Å². The van der Waals surface area contributed by atoms with Gasteiger partial charge in [0.1, 0.15) is 11.6 Å². The number of ether oxygens (including phenoxy) is 5. The summed E-state index contributed by atoms with van der Waals surface area (Å²) in [5.74, 6) is 4.60. The van der Waals surface area contributed by atoms with Crippen molar-refractivity contribution in [3.63, 3.8) is 0 Å². The second-order valence-corrected chi connectivity index (χ2v) is 12.9. The Labute approximate surface area is 317 Å². The van der Waals surface area contributed by atoms with Gasteiger partial charge in [0, 0.05) is 78.6 Å². The number of benzene rings is 4. The third-order valence-electron chi connectivity index (χ3n) is 9.33. The minimum absolute atomic E-state index is 0.0819. The second kappa shape index (κ2) is 16.8. The average molecular weight is 751 g/mol. The Balaban J connectivity index is 0.000000169. The number of aliphatic hydroxyl groups is 2. The fourth-order valence-corrected chi connectivity index (χ4v) is 6.65. The lowest BCUT2D eigenvalue weighted by Gasteiger charge is -2.12. The number of halogens is 1. The number of aromatic nitrogens is 4. The summed E-state index contributed by atoms with van der Waals surface area (Å²) in [5.41, 5.74) is 9.91. The first-order chi connectivity index (χ1) is 26.9. The summed E-state index contributed by atoms with van der Waals surface area (Å²) in [7, 11) is 4.87. The van der Waals surface area contributed by atoms with E-state index in [4.69, 9.17) is 33.9 Å². The van der Waals surface area contributed by atoms with Crippen LogP contribution in [0.1, 0.15) is 35.1 Å². The Morgan fingerprint density at radius 3 is 1.62 bits per heavy atom. The Morgan fingerprint density at radius 2 is 1.15 bits per heavy atom. The quantitative estimate of drug-likeness (QED) is 0.0590. The predicted octanol–water partition coefficient (Wildman–Crippen LogP) is 7.14. The number of H-pyrrole nitrogens is 2. The summed E-state index contributed by atoms with van der Waals surface area (Å²) in [4.78, 5) is 0. The van der Waals surface area contributed by atoms with Crippen molar-refractivity contribution in [1.29, 1.82) is 0 Å². The molecule has 0 fully saturated rings. The van der Waals surface area contributed by atoms with Crippen LogP contribution in [0.3, 0.4) is 0 Å². The van der Waals surface area contributed by atoms with E-state index in [1.807, 2.05) is 48.5 Å². The van der Waals surface area contributed by atoms with Crippen molar-refractivity contribution in [3.05, 3.63) is 101 Å². The number of aliphatic hydroxyl groups excluding tert-OH is 2. The lowest BCUT2D eigenvalue weighted by atomic mass is 10.1. The number of rotatable bonds is 15. The Bertz CT molecular complexity index is 2270. The van der Waals surface area contributed by atoms with Gasteiger partial charge < -0.3 is 44.5 Å². The van der Waals surface area contributed by atoms with Crippen molar-refractivity contribution in [2.75, 3.05) is 58.4 Å². The summed E-state index contributed by atoms with van der Waals surface area (Å²) >= 11 is 0. The molecule has 55 heavy (non-hydrogen) atoms. The third kappa shape index (κ3) is 8.00. The number of methoxy groups -OCH3 is 3. The van der Waals surface area contributed by atoms with Crippen molar-refractivity contribution in [2.45, 2.75) is 25.7 Å². The van der Waals surface area contributed by atoms with Crippen LogP contribution in [0.2, 0.25) is 0 Å². The highest BCUT2D eigenvalue weighted by atomic mass is 19.1. The first kappa shape index (κ1) is 37.1. The van der Waals surface area contributed by atoms with E-state index in [-0.39, 0.29) is 19.0 Å². The lowest BCUT2D eigenvalue weighted by Crippen LogP contribution is -2.02. The molecule has 0 spiro atoms. The van der Waals surface area contributed by atoms with Gasteiger partial charge in [-0.25, -0.2) is 4.39 Å². The molecule has 8 rings (SSSR count). The molecule has 0 atom stereocenters. The number of nitrogens with zero attached hydrogens (tertiary/aromatic N) is 2. The number of hydrogen-bond donors (Lipinski definition) is 6. The molecule has 4 aromatic carbocycles. The Kier molecular flexibility index (Phi) is 11.3. The van der Waals surface area contributed by atoms with E-state index in [9.17, 15) is 4.39 Å². The number of hydrogen-bond acceptors (Lipinski definition) is 11. The van der Waals surface area contributed by atoms with Crippen molar-refractivity contribution < 1.29 is 38.3 Å². The van der Waals surface area contributed by atoms with Crippen molar-refractivity contribution >= 4 is 23.0 Å². The van der Waals surface area contributed by atoms with E-state index in [0.29, 0.717) is 67.0 Å². The van der Waals surface area contributed by atoms with E-state index < -0.39 is 0 Å². The van der Waals surface area contributed by atoms with Gasteiger partial charge >= 0.3 is 0 Å². The van der Waals surface area contributed by atoms with Crippen LogP contribution >= 0.6 is 0 Å². The van der Waals surface area contributed by atoms with Gasteiger partial charge in [0.05, 0.1) is 45.9 Å². The molecule has 0 radical (unpaired) electrons. The molecular formula is C41H43FN6O7. The maximum atomic E-state index is 13.4. The number of anilines is 4. The zero-order chi connectivity index (χ0) is 38.3. The van der Waals surface area contributed by atoms with Gasteiger partial charge in [0.25, 0.3) is 0 Å². The molecule has 2 heterocycles.